The molecule has 0 unspecified atom stereocenters. The molecule has 0 saturated carbocycles. The first-order chi connectivity index (χ1) is 18.0. The van der Waals surface area contributed by atoms with Crippen molar-refractivity contribution in [3.63, 3.8) is 0 Å². The molecule has 1 amide bonds. The van der Waals surface area contributed by atoms with Gasteiger partial charge in [0.15, 0.2) is 14.1 Å². The van der Waals surface area contributed by atoms with E-state index < -0.39 is 26.3 Å². The van der Waals surface area contributed by atoms with Gasteiger partial charge in [-0.15, -0.1) is 0 Å². The molecule has 0 spiro atoms. The van der Waals surface area contributed by atoms with Crippen molar-refractivity contribution < 1.29 is 33.0 Å². The first-order valence-electron chi connectivity index (χ1n) is 13.4. The summed E-state index contributed by atoms with van der Waals surface area (Å²) in [6, 6.07) is -0.677. The summed E-state index contributed by atoms with van der Waals surface area (Å²) in [5.74, 6) is -0.930. The molecule has 1 N–H and O–H groups in total. The van der Waals surface area contributed by atoms with E-state index in [-0.39, 0.29) is 34.6 Å². The Morgan fingerprint density at radius 3 is 2.00 bits per heavy atom. The zero-order valence-electron chi connectivity index (χ0n) is 26.0. The number of nitrogens with one attached hydrogen (secondary N) is 1. The molecular formula is C30H51NO7Si. The van der Waals surface area contributed by atoms with E-state index in [9.17, 15) is 14.4 Å². The van der Waals surface area contributed by atoms with Crippen LogP contribution in [0.2, 0.25) is 18.1 Å². The van der Waals surface area contributed by atoms with Gasteiger partial charge in [-0.1, -0.05) is 71.4 Å². The molecule has 0 aromatic heterocycles. The van der Waals surface area contributed by atoms with Gasteiger partial charge in [0, 0.05) is 6.08 Å². The summed E-state index contributed by atoms with van der Waals surface area (Å²) >= 11 is 0. The van der Waals surface area contributed by atoms with Crippen molar-refractivity contribution in [2.45, 2.75) is 91.6 Å². The molecule has 0 fully saturated rings. The molecule has 0 aliphatic rings. The molecule has 222 valence electrons. The van der Waals surface area contributed by atoms with Crippen LogP contribution in [0.5, 0.6) is 0 Å². The van der Waals surface area contributed by atoms with Gasteiger partial charge in [0.05, 0.1) is 27.4 Å². The second-order valence-electron chi connectivity index (χ2n) is 11.6. The van der Waals surface area contributed by atoms with Gasteiger partial charge in [0.1, 0.15) is 6.04 Å². The smallest absolute Gasteiger partial charge is 0.372 e. The standard InChI is InChI=1S/C30H51NO7Si/c1-21(2)19-24(28(33)36-9)31-27(32)16-14-13-15-22(3)20-23(4)25(38-39(11,12)30(5,6)7)17-18-26(35-8)29(34)37-10/h13-16,18,20-21,23-25H,17,19H2,1-12H3,(H,31,32)/b15-13-,16-14-,22-20+,26-18+/t23-,24-,25-/m0/s1. The monoisotopic (exact) mass is 565 g/mol. The minimum absolute atomic E-state index is 0.0210. The Labute approximate surface area is 237 Å². The number of amides is 1. The van der Waals surface area contributed by atoms with Gasteiger partial charge >= 0.3 is 11.9 Å². The van der Waals surface area contributed by atoms with Crippen molar-refractivity contribution in [3.05, 3.63) is 47.8 Å². The van der Waals surface area contributed by atoms with Crippen LogP contribution in [0.15, 0.2) is 47.8 Å². The first-order valence-corrected chi connectivity index (χ1v) is 16.3. The molecule has 8 nitrogen and oxygen atoms in total. The van der Waals surface area contributed by atoms with Crippen LogP contribution in [0, 0.1) is 11.8 Å². The maximum atomic E-state index is 12.3. The topological polar surface area (TPSA) is 100 Å². The number of hydrogen-bond donors (Lipinski definition) is 1. The van der Waals surface area contributed by atoms with E-state index in [4.69, 9.17) is 18.6 Å². The van der Waals surface area contributed by atoms with Crippen LogP contribution >= 0.6 is 0 Å². The van der Waals surface area contributed by atoms with E-state index in [1.54, 1.807) is 18.2 Å². The molecule has 0 aliphatic heterocycles. The molecule has 0 bridgehead atoms. The van der Waals surface area contributed by atoms with E-state index in [0.29, 0.717) is 12.8 Å². The Balaban J connectivity index is 5.62. The van der Waals surface area contributed by atoms with Gasteiger partial charge in [-0.2, -0.15) is 0 Å². The Bertz CT molecular complexity index is 926. The lowest BCUT2D eigenvalue weighted by atomic mass is 9.98. The minimum Gasteiger partial charge on any atom is -0.490 e. The number of allylic oxidation sites excluding steroid dienone is 4. The van der Waals surface area contributed by atoms with Gasteiger partial charge in [-0.3, -0.25) is 4.79 Å². The van der Waals surface area contributed by atoms with Crippen LogP contribution in [0.1, 0.15) is 61.3 Å². The van der Waals surface area contributed by atoms with Crippen molar-refractivity contribution in [2.24, 2.45) is 11.8 Å². The third kappa shape index (κ3) is 13.8. The van der Waals surface area contributed by atoms with Gasteiger partial charge in [-0.05, 0) is 55.8 Å². The fraction of sp³-hybridized carbons (Fsp3) is 0.633. The Morgan fingerprint density at radius 2 is 1.51 bits per heavy atom. The summed E-state index contributed by atoms with van der Waals surface area (Å²) in [6.07, 6.45) is 11.3. The Kier molecular flexibility index (Phi) is 16.0. The lowest BCUT2D eigenvalue weighted by Crippen LogP contribution is -2.45. The molecule has 0 aliphatic carbocycles. The first kappa shape index (κ1) is 36.3. The predicted molar refractivity (Wildman–Crippen MR) is 158 cm³/mol. The van der Waals surface area contributed by atoms with Crippen LogP contribution in [0.3, 0.4) is 0 Å². The van der Waals surface area contributed by atoms with Crippen LogP contribution in [0.25, 0.3) is 0 Å². The number of carbonyl (C=O) groups excluding carboxylic acids is 3. The number of hydrogen-bond acceptors (Lipinski definition) is 7. The van der Waals surface area contributed by atoms with Crippen LogP contribution < -0.4 is 5.32 Å². The molecular weight excluding hydrogens is 514 g/mol. The fourth-order valence-electron chi connectivity index (χ4n) is 3.47. The van der Waals surface area contributed by atoms with Crippen molar-refractivity contribution in [3.8, 4) is 0 Å². The molecule has 0 rings (SSSR count). The Morgan fingerprint density at radius 1 is 0.923 bits per heavy atom. The maximum absolute atomic E-state index is 12.3. The highest BCUT2D eigenvalue weighted by Crippen LogP contribution is 2.38. The molecule has 39 heavy (non-hydrogen) atoms. The van der Waals surface area contributed by atoms with E-state index >= 15 is 0 Å². The number of ether oxygens (including phenoxy) is 3. The van der Waals surface area contributed by atoms with E-state index in [1.807, 2.05) is 26.8 Å². The van der Waals surface area contributed by atoms with Crippen LogP contribution in [0.4, 0.5) is 0 Å². The summed E-state index contributed by atoms with van der Waals surface area (Å²) in [5, 5.41) is 2.72. The largest absolute Gasteiger partial charge is 0.490 e. The zero-order valence-corrected chi connectivity index (χ0v) is 27.0. The van der Waals surface area contributed by atoms with Crippen LogP contribution in [-0.2, 0) is 33.0 Å². The van der Waals surface area contributed by atoms with Crippen molar-refractivity contribution in [1.82, 2.24) is 5.32 Å². The molecule has 0 aromatic rings. The summed E-state index contributed by atoms with van der Waals surface area (Å²) in [5.41, 5.74) is 0.993. The molecule has 0 aromatic carbocycles. The SMILES string of the molecule is COC(=O)/C(=C\C[C@H](O[Si](C)(C)C(C)(C)C)[C@@H](C)/C=C(C)/C=C\C=C/C(=O)N[C@@H](CC(C)C)C(=O)OC)OC. The zero-order chi connectivity index (χ0) is 30.4. The normalized spacial score (nSPS) is 15.8. The van der Waals surface area contributed by atoms with E-state index in [2.05, 4.69) is 52.2 Å². The molecule has 9 heteroatoms. The number of esters is 2. The minimum atomic E-state index is -2.10. The summed E-state index contributed by atoms with van der Waals surface area (Å²) in [7, 11) is 1.97. The molecule has 0 radical (unpaired) electrons. The van der Waals surface area contributed by atoms with Gasteiger partial charge in [-0.25, -0.2) is 9.59 Å². The van der Waals surface area contributed by atoms with E-state index in [1.165, 1.54) is 27.4 Å². The summed E-state index contributed by atoms with van der Waals surface area (Å²) in [4.78, 5) is 36.2. The summed E-state index contributed by atoms with van der Waals surface area (Å²) < 4.78 is 21.5. The average Bonchev–Trinajstić information content (AvgIpc) is 2.83. The maximum Gasteiger partial charge on any atom is 0.372 e. The highest BCUT2D eigenvalue weighted by atomic mass is 28.4. The lowest BCUT2D eigenvalue weighted by Gasteiger charge is -2.40. The second-order valence-corrected chi connectivity index (χ2v) is 16.4. The highest BCUT2D eigenvalue weighted by molar-refractivity contribution is 6.74. The van der Waals surface area contributed by atoms with Crippen molar-refractivity contribution >= 4 is 26.2 Å². The van der Waals surface area contributed by atoms with Crippen LogP contribution in [-0.4, -0.2) is 59.6 Å². The lowest BCUT2D eigenvalue weighted by molar-refractivity contribution is -0.145. The third-order valence-electron chi connectivity index (χ3n) is 6.73. The quantitative estimate of drug-likeness (QED) is 0.0871. The molecule has 0 saturated heterocycles. The number of methoxy groups -OCH3 is 3. The summed E-state index contributed by atoms with van der Waals surface area (Å²) in [6.45, 7) is 19.0. The second kappa shape index (κ2) is 17.1. The van der Waals surface area contributed by atoms with Gasteiger partial charge < -0.3 is 24.0 Å². The third-order valence-corrected chi connectivity index (χ3v) is 11.2. The molecule has 0 heterocycles. The van der Waals surface area contributed by atoms with E-state index in [0.717, 1.165) is 5.57 Å². The predicted octanol–water partition coefficient (Wildman–Crippen LogP) is 5.87. The van der Waals surface area contributed by atoms with Gasteiger partial charge in [0.2, 0.25) is 5.91 Å². The van der Waals surface area contributed by atoms with Gasteiger partial charge in [0.25, 0.3) is 0 Å². The average molecular weight is 566 g/mol. The highest BCUT2D eigenvalue weighted by Gasteiger charge is 2.39. The van der Waals surface area contributed by atoms with Crippen molar-refractivity contribution in [2.75, 3.05) is 21.3 Å². The Hall–Kier alpha value is -2.65. The number of rotatable bonds is 15. The molecule has 3 atom stereocenters. The van der Waals surface area contributed by atoms with Crippen molar-refractivity contribution in [1.29, 1.82) is 0 Å². The number of carbonyl (C=O) groups is 3. The fourth-order valence-corrected chi connectivity index (χ4v) is 4.90.